The highest BCUT2D eigenvalue weighted by molar-refractivity contribution is 5.11. The maximum absolute atomic E-state index is 6.18. The lowest BCUT2D eigenvalue weighted by Gasteiger charge is -2.34. The first-order chi connectivity index (χ1) is 7.27. The van der Waals surface area contributed by atoms with E-state index in [0.29, 0.717) is 6.04 Å². The number of rotatable bonds is 2. The third-order valence-corrected chi connectivity index (χ3v) is 2.87. The van der Waals surface area contributed by atoms with Crippen LogP contribution in [0.15, 0.2) is 24.4 Å². The first-order valence-electron chi connectivity index (χ1n) is 5.36. The average Bonchev–Trinajstić information content (AvgIpc) is 2.29. The molecule has 2 unspecified atom stereocenters. The van der Waals surface area contributed by atoms with Crippen molar-refractivity contribution < 1.29 is 0 Å². The summed E-state index contributed by atoms with van der Waals surface area (Å²) in [6.45, 7) is 3.07. The van der Waals surface area contributed by atoms with Crippen LogP contribution in [-0.4, -0.2) is 42.6 Å². The van der Waals surface area contributed by atoms with Gasteiger partial charge in [0.05, 0.1) is 11.7 Å². The van der Waals surface area contributed by atoms with E-state index in [-0.39, 0.29) is 6.04 Å². The zero-order chi connectivity index (χ0) is 10.7. The molecule has 1 aliphatic rings. The molecule has 0 aromatic carbocycles. The predicted molar refractivity (Wildman–Crippen MR) is 60.5 cm³/mol. The number of piperazine rings is 1. The van der Waals surface area contributed by atoms with Crippen molar-refractivity contribution in [3.05, 3.63) is 30.1 Å². The molecule has 4 nitrogen and oxygen atoms in total. The number of hydrogen-bond acceptors (Lipinski definition) is 4. The van der Waals surface area contributed by atoms with Gasteiger partial charge in [-0.25, -0.2) is 0 Å². The Balaban J connectivity index is 2.04. The van der Waals surface area contributed by atoms with E-state index in [0.717, 1.165) is 25.3 Å². The zero-order valence-electron chi connectivity index (χ0n) is 9.06. The Bertz CT molecular complexity index is 301. The molecule has 1 saturated heterocycles. The summed E-state index contributed by atoms with van der Waals surface area (Å²) in [6.07, 6.45) is 1.79. The molecule has 2 rings (SSSR count). The summed E-state index contributed by atoms with van der Waals surface area (Å²) < 4.78 is 0. The number of hydrogen-bond donors (Lipinski definition) is 2. The maximum atomic E-state index is 6.18. The fourth-order valence-electron chi connectivity index (χ4n) is 1.95. The van der Waals surface area contributed by atoms with E-state index in [1.54, 1.807) is 6.20 Å². The number of aromatic nitrogens is 1. The number of nitrogens with zero attached hydrogens (tertiary/aromatic N) is 2. The highest BCUT2D eigenvalue weighted by atomic mass is 15.2. The Hall–Kier alpha value is -0.970. The molecule has 2 heterocycles. The standard InChI is InChI=1S/C11H18N4/c1-15-7-6-14-10(8-15)11(12)9-4-2-3-5-13-9/h2-5,10-11,14H,6-8,12H2,1H3. The van der Waals surface area contributed by atoms with E-state index in [1.165, 1.54) is 0 Å². The molecule has 0 spiro atoms. The third kappa shape index (κ3) is 2.53. The van der Waals surface area contributed by atoms with Gasteiger partial charge < -0.3 is 16.0 Å². The van der Waals surface area contributed by atoms with Crippen molar-refractivity contribution in [3.63, 3.8) is 0 Å². The summed E-state index contributed by atoms with van der Waals surface area (Å²) in [5.41, 5.74) is 7.14. The highest BCUT2D eigenvalue weighted by Gasteiger charge is 2.24. The van der Waals surface area contributed by atoms with Crippen molar-refractivity contribution in [2.45, 2.75) is 12.1 Å². The van der Waals surface area contributed by atoms with Gasteiger partial charge in [-0.1, -0.05) is 6.07 Å². The number of nitrogens with two attached hydrogens (primary N) is 1. The molecule has 1 aliphatic heterocycles. The predicted octanol–water partition coefficient (Wildman–Crippen LogP) is -0.0150. The summed E-state index contributed by atoms with van der Waals surface area (Å²) in [5.74, 6) is 0. The third-order valence-electron chi connectivity index (χ3n) is 2.87. The molecular weight excluding hydrogens is 188 g/mol. The molecule has 4 heteroatoms. The lowest BCUT2D eigenvalue weighted by atomic mass is 10.0. The van der Waals surface area contributed by atoms with Crippen molar-refractivity contribution in [2.24, 2.45) is 5.73 Å². The lowest BCUT2D eigenvalue weighted by molar-refractivity contribution is 0.218. The Morgan fingerprint density at radius 2 is 2.47 bits per heavy atom. The molecule has 2 atom stereocenters. The largest absolute Gasteiger partial charge is 0.321 e. The van der Waals surface area contributed by atoms with Crippen LogP contribution < -0.4 is 11.1 Å². The smallest absolute Gasteiger partial charge is 0.0638 e. The van der Waals surface area contributed by atoms with Gasteiger partial charge in [0.25, 0.3) is 0 Å². The van der Waals surface area contributed by atoms with Gasteiger partial charge in [0, 0.05) is 31.9 Å². The van der Waals surface area contributed by atoms with Crippen LogP contribution in [0.25, 0.3) is 0 Å². The second kappa shape index (κ2) is 4.70. The van der Waals surface area contributed by atoms with Crippen molar-refractivity contribution in [3.8, 4) is 0 Å². The molecule has 15 heavy (non-hydrogen) atoms. The molecule has 0 aliphatic carbocycles. The molecule has 1 aromatic heterocycles. The quantitative estimate of drug-likeness (QED) is 0.714. The molecule has 0 amide bonds. The Morgan fingerprint density at radius 3 is 3.13 bits per heavy atom. The fraction of sp³-hybridized carbons (Fsp3) is 0.545. The molecule has 0 bridgehead atoms. The maximum Gasteiger partial charge on any atom is 0.0638 e. The van der Waals surface area contributed by atoms with Gasteiger partial charge in [-0.2, -0.15) is 0 Å². The molecule has 1 fully saturated rings. The lowest BCUT2D eigenvalue weighted by Crippen LogP contribution is -2.53. The Kier molecular flexibility index (Phi) is 3.30. The van der Waals surface area contributed by atoms with Crippen molar-refractivity contribution >= 4 is 0 Å². The van der Waals surface area contributed by atoms with E-state index >= 15 is 0 Å². The van der Waals surface area contributed by atoms with Crippen molar-refractivity contribution in [1.82, 2.24) is 15.2 Å². The van der Waals surface area contributed by atoms with Crippen LogP contribution in [0.5, 0.6) is 0 Å². The van der Waals surface area contributed by atoms with E-state index in [4.69, 9.17) is 5.73 Å². The van der Waals surface area contributed by atoms with Crippen LogP contribution in [0.2, 0.25) is 0 Å². The van der Waals surface area contributed by atoms with Crippen LogP contribution >= 0.6 is 0 Å². The van der Waals surface area contributed by atoms with Gasteiger partial charge in [0.2, 0.25) is 0 Å². The molecule has 1 aromatic rings. The van der Waals surface area contributed by atoms with Crippen molar-refractivity contribution in [1.29, 1.82) is 0 Å². The van der Waals surface area contributed by atoms with Crippen LogP contribution in [0.1, 0.15) is 11.7 Å². The van der Waals surface area contributed by atoms with Gasteiger partial charge >= 0.3 is 0 Å². The number of pyridine rings is 1. The Labute approximate surface area is 90.5 Å². The summed E-state index contributed by atoms with van der Waals surface area (Å²) in [6, 6.07) is 6.17. The number of likely N-dealkylation sites (N-methyl/N-ethyl adjacent to an activating group) is 1. The summed E-state index contributed by atoms with van der Waals surface area (Å²) in [7, 11) is 2.12. The molecule has 3 N–H and O–H groups in total. The van der Waals surface area contributed by atoms with Gasteiger partial charge in [-0.15, -0.1) is 0 Å². The van der Waals surface area contributed by atoms with Gasteiger partial charge in [-0.05, 0) is 19.2 Å². The summed E-state index contributed by atoms with van der Waals surface area (Å²) in [4.78, 5) is 6.59. The van der Waals surface area contributed by atoms with Crippen molar-refractivity contribution in [2.75, 3.05) is 26.7 Å². The number of nitrogens with one attached hydrogen (secondary N) is 1. The minimum Gasteiger partial charge on any atom is -0.321 e. The van der Waals surface area contributed by atoms with E-state index in [1.807, 2.05) is 18.2 Å². The van der Waals surface area contributed by atoms with Gasteiger partial charge in [0.15, 0.2) is 0 Å². The molecule has 82 valence electrons. The fourth-order valence-corrected chi connectivity index (χ4v) is 1.95. The molecular formula is C11H18N4. The second-order valence-corrected chi connectivity index (χ2v) is 4.10. The van der Waals surface area contributed by atoms with Gasteiger partial charge in [-0.3, -0.25) is 4.98 Å². The van der Waals surface area contributed by atoms with E-state index in [9.17, 15) is 0 Å². The average molecular weight is 206 g/mol. The first kappa shape index (κ1) is 10.5. The van der Waals surface area contributed by atoms with E-state index < -0.39 is 0 Å². The van der Waals surface area contributed by atoms with Crippen LogP contribution in [0.4, 0.5) is 0 Å². The second-order valence-electron chi connectivity index (χ2n) is 4.10. The van der Waals surface area contributed by atoms with Gasteiger partial charge in [0.1, 0.15) is 0 Å². The SMILES string of the molecule is CN1CCNC(C(N)c2ccccn2)C1. The normalized spacial score (nSPS) is 25.1. The molecule has 0 radical (unpaired) electrons. The Morgan fingerprint density at radius 1 is 1.60 bits per heavy atom. The summed E-state index contributed by atoms with van der Waals surface area (Å²) in [5, 5.41) is 3.44. The van der Waals surface area contributed by atoms with Crippen LogP contribution in [-0.2, 0) is 0 Å². The summed E-state index contributed by atoms with van der Waals surface area (Å²) >= 11 is 0. The topological polar surface area (TPSA) is 54.2 Å². The first-order valence-corrected chi connectivity index (χ1v) is 5.36. The van der Waals surface area contributed by atoms with E-state index in [2.05, 4.69) is 22.2 Å². The highest BCUT2D eigenvalue weighted by Crippen LogP contribution is 2.13. The zero-order valence-corrected chi connectivity index (χ0v) is 9.06. The minimum atomic E-state index is -0.0195. The molecule has 0 saturated carbocycles. The minimum absolute atomic E-state index is 0.0195. The van der Waals surface area contributed by atoms with Crippen LogP contribution in [0.3, 0.4) is 0 Å². The van der Waals surface area contributed by atoms with Crippen LogP contribution in [0, 0.1) is 0 Å². The monoisotopic (exact) mass is 206 g/mol.